The third-order valence-electron chi connectivity index (χ3n) is 1.94. The Kier molecular flexibility index (Phi) is 3.22. The van der Waals surface area contributed by atoms with Crippen molar-refractivity contribution in [2.45, 2.75) is 19.9 Å². The van der Waals surface area contributed by atoms with Crippen molar-refractivity contribution in [3.63, 3.8) is 0 Å². The van der Waals surface area contributed by atoms with Gasteiger partial charge in [-0.1, -0.05) is 0 Å². The van der Waals surface area contributed by atoms with Crippen LogP contribution in [0, 0.1) is 6.92 Å². The Labute approximate surface area is 80.3 Å². The van der Waals surface area contributed by atoms with Crippen LogP contribution in [0.15, 0.2) is 16.7 Å². The molecule has 0 fully saturated rings. The summed E-state index contributed by atoms with van der Waals surface area (Å²) < 4.78 is 29.0. The van der Waals surface area contributed by atoms with Crippen molar-refractivity contribution in [1.82, 2.24) is 4.90 Å². The zero-order chi connectivity index (χ0) is 10.7. The van der Waals surface area contributed by atoms with E-state index in [2.05, 4.69) is 0 Å². The van der Waals surface area contributed by atoms with Crippen molar-refractivity contribution < 1.29 is 18.0 Å². The van der Waals surface area contributed by atoms with Crippen molar-refractivity contribution in [3.05, 3.63) is 23.7 Å². The molecule has 0 aliphatic heterocycles. The van der Waals surface area contributed by atoms with E-state index in [0.29, 0.717) is 5.76 Å². The summed E-state index contributed by atoms with van der Waals surface area (Å²) in [6.07, 6.45) is -1.49. The summed E-state index contributed by atoms with van der Waals surface area (Å²) in [5, 5.41) is 0. The maximum Gasteiger partial charge on any atom is 0.315 e. The molecular formula is C9H11F2NO2. The summed E-state index contributed by atoms with van der Waals surface area (Å²) in [6.45, 7) is 1.86. The molecule has 1 heterocycles. The van der Waals surface area contributed by atoms with Crippen LogP contribution in [-0.2, 0) is 11.3 Å². The van der Waals surface area contributed by atoms with Gasteiger partial charge in [0.05, 0.1) is 6.26 Å². The summed E-state index contributed by atoms with van der Waals surface area (Å²) >= 11 is 0. The Balaban J connectivity index is 2.62. The number of halogens is 2. The maximum absolute atomic E-state index is 12.0. The molecule has 0 spiro atoms. The molecule has 0 saturated carbocycles. The molecule has 0 unspecified atom stereocenters. The summed E-state index contributed by atoms with van der Waals surface area (Å²) in [7, 11) is 1.33. The first kappa shape index (κ1) is 10.7. The molecule has 78 valence electrons. The van der Waals surface area contributed by atoms with Crippen LogP contribution in [0.4, 0.5) is 8.78 Å². The molecule has 0 aliphatic carbocycles. The van der Waals surface area contributed by atoms with Crippen molar-refractivity contribution in [2.75, 3.05) is 7.05 Å². The molecule has 0 atom stereocenters. The third-order valence-corrected chi connectivity index (χ3v) is 1.94. The Morgan fingerprint density at radius 1 is 1.64 bits per heavy atom. The van der Waals surface area contributed by atoms with Crippen LogP contribution in [0.1, 0.15) is 11.3 Å². The molecular weight excluding hydrogens is 192 g/mol. The van der Waals surface area contributed by atoms with E-state index in [9.17, 15) is 13.6 Å². The van der Waals surface area contributed by atoms with E-state index < -0.39 is 12.3 Å². The quantitative estimate of drug-likeness (QED) is 0.750. The van der Waals surface area contributed by atoms with Crippen LogP contribution >= 0.6 is 0 Å². The second-order valence-electron chi connectivity index (χ2n) is 3.00. The summed E-state index contributed by atoms with van der Waals surface area (Å²) in [5.74, 6) is -0.537. The SMILES string of the molecule is Cc1occc1CN(C)C(=O)C(F)F. The van der Waals surface area contributed by atoms with Gasteiger partial charge in [0.1, 0.15) is 5.76 Å². The largest absolute Gasteiger partial charge is 0.469 e. The maximum atomic E-state index is 12.0. The van der Waals surface area contributed by atoms with Crippen LogP contribution in [0.2, 0.25) is 0 Å². The van der Waals surface area contributed by atoms with Crippen molar-refractivity contribution in [3.8, 4) is 0 Å². The minimum absolute atomic E-state index is 0.144. The second-order valence-corrected chi connectivity index (χ2v) is 3.00. The Morgan fingerprint density at radius 2 is 2.29 bits per heavy atom. The lowest BCUT2D eigenvalue weighted by Gasteiger charge is -2.15. The van der Waals surface area contributed by atoms with Crippen LogP contribution in [0.3, 0.4) is 0 Å². The number of hydrogen-bond acceptors (Lipinski definition) is 2. The lowest BCUT2D eigenvalue weighted by Crippen LogP contribution is -2.31. The van der Waals surface area contributed by atoms with E-state index in [1.54, 1.807) is 13.0 Å². The molecule has 5 heteroatoms. The number of rotatable bonds is 3. The van der Waals surface area contributed by atoms with Gasteiger partial charge >= 0.3 is 6.43 Å². The standard InChI is InChI=1S/C9H11F2NO2/c1-6-7(3-4-14-6)5-12(2)9(13)8(10)11/h3-4,8H,5H2,1-2H3. The van der Waals surface area contributed by atoms with Gasteiger partial charge < -0.3 is 9.32 Å². The molecule has 0 saturated heterocycles. The summed E-state index contributed by atoms with van der Waals surface area (Å²) in [4.78, 5) is 11.8. The van der Waals surface area contributed by atoms with Crippen LogP contribution in [0.5, 0.6) is 0 Å². The van der Waals surface area contributed by atoms with Gasteiger partial charge in [-0.2, -0.15) is 8.78 Å². The third kappa shape index (κ3) is 2.31. The first-order chi connectivity index (χ1) is 6.52. The van der Waals surface area contributed by atoms with Crippen molar-refractivity contribution in [1.29, 1.82) is 0 Å². The van der Waals surface area contributed by atoms with Crippen LogP contribution in [0.25, 0.3) is 0 Å². The molecule has 1 amide bonds. The molecule has 1 aromatic rings. The number of alkyl halides is 2. The highest BCUT2D eigenvalue weighted by molar-refractivity contribution is 5.79. The van der Waals surface area contributed by atoms with E-state index in [-0.39, 0.29) is 6.54 Å². The Hall–Kier alpha value is -1.39. The van der Waals surface area contributed by atoms with Gasteiger partial charge in [0, 0.05) is 19.2 Å². The number of amides is 1. The van der Waals surface area contributed by atoms with Gasteiger partial charge in [0.15, 0.2) is 0 Å². The number of furan rings is 1. The predicted molar refractivity (Wildman–Crippen MR) is 45.9 cm³/mol. The number of carbonyl (C=O) groups is 1. The lowest BCUT2D eigenvalue weighted by atomic mass is 10.2. The molecule has 0 bridgehead atoms. The average Bonchev–Trinajstić information content (AvgIpc) is 2.50. The minimum Gasteiger partial charge on any atom is -0.469 e. The van der Waals surface area contributed by atoms with E-state index >= 15 is 0 Å². The van der Waals surface area contributed by atoms with Gasteiger partial charge in [0.25, 0.3) is 5.91 Å². The van der Waals surface area contributed by atoms with Gasteiger partial charge in [0.2, 0.25) is 0 Å². The predicted octanol–water partition coefficient (Wildman–Crippen LogP) is 1.81. The molecule has 3 nitrogen and oxygen atoms in total. The summed E-state index contributed by atoms with van der Waals surface area (Å²) in [6, 6.07) is 1.66. The van der Waals surface area contributed by atoms with E-state index in [1.807, 2.05) is 0 Å². The molecule has 0 aromatic carbocycles. The normalized spacial score (nSPS) is 10.6. The monoisotopic (exact) mass is 203 g/mol. The number of aryl methyl sites for hydroxylation is 1. The van der Waals surface area contributed by atoms with E-state index in [1.165, 1.54) is 13.3 Å². The molecule has 14 heavy (non-hydrogen) atoms. The summed E-state index contributed by atoms with van der Waals surface area (Å²) in [5.41, 5.74) is 0.738. The Bertz CT molecular complexity index is 322. The second kappa shape index (κ2) is 4.21. The highest BCUT2D eigenvalue weighted by atomic mass is 19.3. The van der Waals surface area contributed by atoms with Gasteiger partial charge in [-0.25, -0.2) is 0 Å². The van der Waals surface area contributed by atoms with Crippen LogP contribution < -0.4 is 0 Å². The highest BCUT2D eigenvalue weighted by Gasteiger charge is 2.20. The van der Waals surface area contributed by atoms with Gasteiger partial charge in [-0.05, 0) is 13.0 Å². The first-order valence-corrected chi connectivity index (χ1v) is 4.08. The number of nitrogens with zero attached hydrogens (tertiary/aromatic N) is 1. The number of carbonyl (C=O) groups excluding carboxylic acids is 1. The zero-order valence-corrected chi connectivity index (χ0v) is 7.96. The first-order valence-electron chi connectivity index (χ1n) is 4.08. The Morgan fingerprint density at radius 3 is 2.71 bits per heavy atom. The minimum atomic E-state index is -2.95. The molecule has 1 aromatic heterocycles. The van der Waals surface area contributed by atoms with E-state index in [0.717, 1.165) is 10.5 Å². The topological polar surface area (TPSA) is 33.5 Å². The average molecular weight is 203 g/mol. The van der Waals surface area contributed by atoms with Crippen molar-refractivity contribution >= 4 is 5.91 Å². The van der Waals surface area contributed by atoms with Crippen molar-refractivity contribution in [2.24, 2.45) is 0 Å². The fraction of sp³-hybridized carbons (Fsp3) is 0.444. The zero-order valence-electron chi connectivity index (χ0n) is 7.96. The van der Waals surface area contributed by atoms with Crippen LogP contribution in [-0.4, -0.2) is 24.3 Å². The molecule has 0 radical (unpaired) electrons. The lowest BCUT2D eigenvalue weighted by molar-refractivity contribution is -0.141. The van der Waals surface area contributed by atoms with Gasteiger partial charge in [-0.3, -0.25) is 4.79 Å². The molecule has 0 N–H and O–H groups in total. The molecule has 1 rings (SSSR count). The fourth-order valence-electron chi connectivity index (χ4n) is 1.08. The number of hydrogen-bond donors (Lipinski definition) is 0. The smallest absolute Gasteiger partial charge is 0.315 e. The van der Waals surface area contributed by atoms with E-state index in [4.69, 9.17) is 4.42 Å². The fourth-order valence-corrected chi connectivity index (χ4v) is 1.08. The molecule has 0 aliphatic rings. The van der Waals surface area contributed by atoms with Gasteiger partial charge in [-0.15, -0.1) is 0 Å². The highest BCUT2D eigenvalue weighted by Crippen LogP contribution is 2.12.